The zero-order chi connectivity index (χ0) is 12.0. The molecule has 5 nitrogen and oxygen atoms in total. The molecule has 5 heteroatoms. The Labute approximate surface area is 93.5 Å². The molecule has 16 heavy (non-hydrogen) atoms. The SMILES string of the molecule is CC(=O)NC(O)C(=O)[N]Cc1ccccc1. The minimum Gasteiger partial charge on any atom is -0.365 e. The zero-order valence-electron chi connectivity index (χ0n) is 8.88. The number of benzene rings is 1. The smallest absolute Gasteiger partial charge is 0.291 e. The van der Waals surface area contributed by atoms with Gasteiger partial charge in [-0.05, 0) is 5.56 Å². The van der Waals surface area contributed by atoms with Crippen molar-refractivity contribution in [2.24, 2.45) is 0 Å². The molecule has 0 aromatic heterocycles. The Morgan fingerprint density at radius 3 is 2.56 bits per heavy atom. The lowest BCUT2D eigenvalue weighted by Gasteiger charge is -2.09. The molecule has 0 fully saturated rings. The van der Waals surface area contributed by atoms with Gasteiger partial charge in [-0.3, -0.25) is 9.59 Å². The fourth-order valence-corrected chi connectivity index (χ4v) is 1.09. The van der Waals surface area contributed by atoms with Crippen molar-refractivity contribution in [2.75, 3.05) is 0 Å². The summed E-state index contributed by atoms with van der Waals surface area (Å²) in [5.41, 5.74) is 0.867. The van der Waals surface area contributed by atoms with Crippen molar-refractivity contribution in [1.29, 1.82) is 0 Å². The maximum Gasteiger partial charge on any atom is 0.291 e. The van der Waals surface area contributed by atoms with Crippen molar-refractivity contribution in [3.8, 4) is 0 Å². The van der Waals surface area contributed by atoms with Crippen LogP contribution in [0.3, 0.4) is 0 Å². The van der Waals surface area contributed by atoms with Gasteiger partial charge in [0.15, 0.2) is 0 Å². The first kappa shape index (κ1) is 12.2. The molecule has 0 spiro atoms. The second kappa shape index (κ2) is 5.87. The van der Waals surface area contributed by atoms with Crippen LogP contribution in [-0.4, -0.2) is 23.1 Å². The van der Waals surface area contributed by atoms with Crippen LogP contribution in [0.4, 0.5) is 0 Å². The number of hydrogen-bond donors (Lipinski definition) is 2. The second-order valence-electron chi connectivity index (χ2n) is 3.24. The summed E-state index contributed by atoms with van der Waals surface area (Å²) in [5.74, 6) is -1.23. The molecule has 0 aliphatic heterocycles. The average molecular weight is 221 g/mol. The fourth-order valence-electron chi connectivity index (χ4n) is 1.09. The first-order valence-electron chi connectivity index (χ1n) is 4.80. The molecular weight excluding hydrogens is 208 g/mol. The standard InChI is InChI=1S/C11H13N2O3/c1-8(14)13-11(16)10(15)12-7-9-5-3-2-4-6-9/h2-6,11,16H,7H2,1H3,(H,13,14). The third kappa shape index (κ3) is 4.10. The molecule has 0 aliphatic rings. The number of rotatable bonds is 4. The molecule has 1 rings (SSSR count). The summed E-state index contributed by atoms with van der Waals surface area (Å²) < 4.78 is 0. The van der Waals surface area contributed by atoms with E-state index in [1.807, 2.05) is 30.3 Å². The number of amides is 2. The summed E-state index contributed by atoms with van der Waals surface area (Å²) in [6, 6.07) is 9.17. The number of nitrogens with one attached hydrogen (secondary N) is 1. The molecule has 2 N–H and O–H groups in total. The highest BCUT2D eigenvalue weighted by atomic mass is 16.3. The summed E-state index contributed by atoms with van der Waals surface area (Å²) in [5, 5.41) is 14.9. The number of hydrogen-bond acceptors (Lipinski definition) is 3. The van der Waals surface area contributed by atoms with Crippen LogP contribution < -0.4 is 10.6 Å². The monoisotopic (exact) mass is 221 g/mol. The number of aliphatic hydroxyl groups is 1. The van der Waals surface area contributed by atoms with Gasteiger partial charge < -0.3 is 10.4 Å². The molecule has 0 aliphatic carbocycles. The molecule has 1 aromatic carbocycles. The predicted octanol–water partition coefficient (Wildman–Crippen LogP) is -0.228. The first-order chi connectivity index (χ1) is 7.59. The van der Waals surface area contributed by atoms with E-state index in [9.17, 15) is 14.7 Å². The molecule has 1 unspecified atom stereocenters. The van der Waals surface area contributed by atoms with Crippen molar-refractivity contribution < 1.29 is 14.7 Å². The van der Waals surface area contributed by atoms with Crippen LogP contribution in [0.25, 0.3) is 0 Å². The maximum absolute atomic E-state index is 11.2. The van der Waals surface area contributed by atoms with Gasteiger partial charge in [0.25, 0.3) is 5.91 Å². The topological polar surface area (TPSA) is 80.5 Å². The van der Waals surface area contributed by atoms with Crippen LogP contribution in [0.2, 0.25) is 0 Å². The van der Waals surface area contributed by atoms with Crippen LogP contribution in [-0.2, 0) is 16.1 Å². The van der Waals surface area contributed by atoms with E-state index in [4.69, 9.17) is 0 Å². The van der Waals surface area contributed by atoms with E-state index >= 15 is 0 Å². The third-order valence-electron chi connectivity index (χ3n) is 1.83. The van der Waals surface area contributed by atoms with Crippen molar-refractivity contribution in [1.82, 2.24) is 10.6 Å². The Hall–Kier alpha value is -1.88. The Morgan fingerprint density at radius 1 is 1.38 bits per heavy atom. The Morgan fingerprint density at radius 2 is 2.00 bits per heavy atom. The van der Waals surface area contributed by atoms with E-state index in [2.05, 4.69) is 10.6 Å². The maximum atomic E-state index is 11.2. The fraction of sp³-hybridized carbons (Fsp3) is 0.273. The quantitative estimate of drug-likeness (QED) is 0.689. The van der Waals surface area contributed by atoms with Crippen molar-refractivity contribution in [2.45, 2.75) is 19.7 Å². The van der Waals surface area contributed by atoms with Gasteiger partial charge in [0.1, 0.15) is 0 Å². The Bertz CT molecular complexity index is 365. The molecule has 1 atom stereocenters. The highest BCUT2D eigenvalue weighted by Gasteiger charge is 2.16. The van der Waals surface area contributed by atoms with Gasteiger partial charge in [-0.2, -0.15) is 0 Å². The molecule has 85 valence electrons. The van der Waals surface area contributed by atoms with E-state index in [-0.39, 0.29) is 6.54 Å². The lowest BCUT2D eigenvalue weighted by Crippen LogP contribution is -2.43. The average Bonchev–Trinajstić information content (AvgIpc) is 2.26. The van der Waals surface area contributed by atoms with Gasteiger partial charge in [-0.25, -0.2) is 5.32 Å². The number of nitrogens with zero attached hydrogens (tertiary/aromatic N) is 1. The number of carbonyl (C=O) groups excluding carboxylic acids is 2. The lowest BCUT2D eigenvalue weighted by atomic mass is 10.2. The van der Waals surface area contributed by atoms with Crippen LogP contribution in [0.5, 0.6) is 0 Å². The molecule has 0 saturated carbocycles. The zero-order valence-corrected chi connectivity index (χ0v) is 8.88. The third-order valence-corrected chi connectivity index (χ3v) is 1.83. The molecule has 0 heterocycles. The van der Waals surface area contributed by atoms with E-state index in [1.165, 1.54) is 6.92 Å². The van der Waals surface area contributed by atoms with Gasteiger partial charge in [0, 0.05) is 6.92 Å². The van der Waals surface area contributed by atoms with Crippen LogP contribution in [0.1, 0.15) is 12.5 Å². The summed E-state index contributed by atoms with van der Waals surface area (Å²) in [4.78, 5) is 21.8. The van der Waals surface area contributed by atoms with Crippen LogP contribution in [0.15, 0.2) is 30.3 Å². The summed E-state index contributed by atoms with van der Waals surface area (Å²) >= 11 is 0. The van der Waals surface area contributed by atoms with Crippen molar-refractivity contribution in [3.63, 3.8) is 0 Å². The van der Waals surface area contributed by atoms with Gasteiger partial charge in [0.05, 0.1) is 6.54 Å². The normalized spacial score (nSPS) is 11.6. The van der Waals surface area contributed by atoms with E-state index in [0.717, 1.165) is 5.56 Å². The lowest BCUT2D eigenvalue weighted by molar-refractivity contribution is -0.136. The Balaban J connectivity index is 2.38. The number of aliphatic hydroxyl groups excluding tert-OH is 1. The van der Waals surface area contributed by atoms with E-state index in [1.54, 1.807) is 0 Å². The van der Waals surface area contributed by atoms with Crippen molar-refractivity contribution in [3.05, 3.63) is 35.9 Å². The molecular formula is C11H13N2O3. The van der Waals surface area contributed by atoms with E-state index < -0.39 is 18.0 Å². The van der Waals surface area contributed by atoms with Crippen LogP contribution >= 0.6 is 0 Å². The van der Waals surface area contributed by atoms with Gasteiger partial charge in [0.2, 0.25) is 12.1 Å². The molecule has 1 aromatic rings. The minimum absolute atomic E-state index is 0.191. The first-order valence-corrected chi connectivity index (χ1v) is 4.80. The van der Waals surface area contributed by atoms with Gasteiger partial charge in [-0.1, -0.05) is 30.3 Å². The van der Waals surface area contributed by atoms with E-state index in [0.29, 0.717) is 0 Å². The molecule has 2 amide bonds. The largest absolute Gasteiger partial charge is 0.365 e. The van der Waals surface area contributed by atoms with Crippen LogP contribution in [0, 0.1) is 0 Å². The predicted molar refractivity (Wildman–Crippen MR) is 57.1 cm³/mol. The molecule has 1 radical (unpaired) electrons. The minimum atomic E-state index is -1.55. The summed E-state index contributed by atoms with van der Waals surface area (Å²) in [7, 11) is 0. The van der Waals surface area contributed by atoms with Gasteiger partial charge >= 0.3 is 0 Å². The highest BCUT2D eigenvalue weighted by molar-refractivity contribution is 5.85. The molecule has 0 bridgehead atoms. The van der Waals surface area contributed by atoms with Crippen molar-refractivity contribution >= 4 is 11.8 Å². The molecule has 0 saturated heterocycles. The summed E-state index contributed by atoms with van der Waals surface area (Å²) in [6.07, 6.45) is -1.55. The number of carbonyl (C=O) groups is 2. The summed E-state index contributed by atoms with van der Waals surface area (Å²) in [6.45, 7) is 1.41. The Kier molecular flexibility index (Phi) is 4.47. The highest BCUT2D eigenvalue weighted by Crippen LogP contribution is 1.98. The van der Waals surface area contributed by atoms with Gasteiger partial charge in [-0.15, -0.1) is 0 Å². The second-order valence-corrected chi connectivity index (χ2v) is 3.24.